The molecular weight excluding hydrogens is 465 g/mol. The van der Waals surface area contributed by atoms with E-state index in [1.165, 1.54) is 12.1 Å². The Morgan fingerprint density at radius 3 is 2.59 bits per heavy atom. The van der Waals surface area contributed by atoms with Gasteiger partial charge in [0.15, 0.2) is 0 Å². The first-order chi connectivity index (χ1) is 15.0. The van der Waals surface area contributed by atoms with E-state index in [-0.39, 0.29) is 10.6 Å². The van der Waals surface area contributed by atoms with Crippen molar-refractivity contribution >= 4 is 38.1 Å². The van der Waals surface area contributed by atoms with Crippen molar-refractivity contribution in [1.29, 1.82) is 0 Å². The van der Waals surface area contributed by atoms with Gasteiger partial charge in [-0.25, -0.2) is 8.42 Å². The lowest BCUT2D eigenvalue weighted by atomic mass is 10.1. The fourth-order valence-electron chi connectivity index (χ4n) is 3.65. The summed E-state index contributed by atoms with van der Waals surface area (Å²) in [7, 11) is -4.07. The maximum absolute atomic E-state index is 13.5. The molecule has 32 heavy (non-hydrogen) atoms. The highest BCUT2D eigenvalue weighted by atomic mass is 35.5. The van der Waals surface area contributed by atoms with Gasteiger partial charge in [0, 0.05) is 29.4 Å². The van der Waals surface area contributed by atoms with Gasteiger partial charge in [0.05, 0.1) is 16.1 Å². The Morgan fingerprint density at radius 1 is 1.12 bits per heavy atom. The quantitative estimate of drug-likeness (QED) is 0.506. The number of sulfonamides is 1. The summed E-state index contributed by atoms with van der Waals surface area (Å²) >= 11 is 6.13. The van der Waals surface area contributed by atoms with Crippen LogP contribution in [0, 0.1) is 0 Å². The third-order valence-electron chi connectivity index (χ3n) is 5.33. The number of fused-ring (bicyclic) bond motifs is 1. The number of ether oxygens (including phenoxy) is 1. The maximum atomic E-state index is 13.5. The molecule has 2 N–H and O–H groups in total. The minimum Gasteiger partial charge on any atom is -0.485 e. The molecule has 0 saturated carbocycles. The van der Waals surface area contributed by atoms with Gasteiger partial charge in [0.1, 0.15) is 11.4 Å². The Hall–Kier alpha value is -2.49. The molecule has 3 aromatic rings. The molecule has 1 aliphatic heterocycles. The second kappa shape index (κ2) is 8.13. The maximum Gasteiger partial charge on any atom is 0.419 e. The molecule has 1 heterocycles. The molecule has 0 aliphatic carbocycles. The summed E-state index contributed by atoms with van der Waals surface area (Å²) in [6.45, 7) is 2.72. The first-order valence-electron chi connectivity index (χ1n) is 9.79. The number of halogens is 4. The van der Waals surface area contributed by atoms with Crippen LogP contribution >= 0.6 is 11.6 Å². The van der Waals surface area contributed by atoms with Gasteiger partial charge in [0.25, 0.3) is 10.0 Å². The zero-order chi connectivity index (χ0) is 23.1. The van der Waals surface area contributed by atoms with Crippen LogP contribution in [0.25, 0.3) is 10.8 Å². The highest BCUT2D eigenvalue weighted by molar-refractivity contribution is 7.92. The Balaban J connectivity index is 1.68. The molecule has 0 aromatic heterocycles. The molecule has 4 rings (SSSR count). The highest BCUT2D eigenvalue weighted by Crippen LogP contribution is 2.40. The average Bonchev–Trinajstić information content (AvgIpc) is 3.13. The third kappa shape index (κ3) is 4.65. The van der Waals surface area contributed by atoms with Gasteiger partial charge in [-0.05, 0) is 49.2 Å². The van der Waals surface area contributed by atoms with Crippen molar-refractivity contribution in [2.45, 2.75) is 30.0 Å². The molecule has 1 aliphatic rings. The minimum atomic E-state index is -4.65. The normalized spacial score (nSPS) is 19.3. The largest absolute Gasteiger partial charge is 0.485 e. The molecule has 0 amide bonds. The van der Waals surface area contributed by atoms with Gasteiger partial charge < -0.3 is 10.1 Å². The summed E-state index contributed by atoms with van der Waals surface area (Å²) in [6.07, 6.45) is -4.12. The smallest absolute Gasteiger partial charge is 0.419 e. The predicted molar refractivity (Wildman–Crippen MR) is 118 cm³/mol. The summed E-state index contributed by atoms with van der Waals surface area (Å²) in [4.78, 5) is -0.0402. The van der Waals surface area contributed by atoms with Crippen molar-refractivity contribution in [1.82, 2.24) is 5.32 Å². The Labute approximate surface area is 188 Å². The van der Waals surface area contributed by atoms with Crippen molar-refractivity contribution in [2.24, 2.45) is 0 Å². The second-order valence-corrected chi connectivity index (χ2v) is 10.0. The van der Waals surface area contributed by atoms with E-state index in [1.54, 1.807) is 31.2 Å². The van der Waals surface area contributed by atoms with E-state index in [2.05, 4.69) is 10.0 Å². The monoisotopic (exact) mass is 484 g/mol. The average molecular weight is 485 g/mol. The van der Waals surface area contributed by atoms with Gasteiger partial charge in [0.2, 0.25) is 0 Å². The van der Waals surface area contributed by atoms with Crippen LogP contribution in [0.3, 0.4) is 0 Å². The Morgan fingerprint density at radius 2 is 1.91 bits per heavy atom. The van der Waals surface area contributed by atoms with E-state index in [0.717, 1.165) is 18.2 Å². The Bertz CT molecular complexity index is 1270. The molecule has 0 bridgehead atoms. The third-order valence-corrected chi connectivity index (χ3v) is 7.04. The molecular formula is C22H20ClF3N2O3S. The summed E-state index contributed by atoms with van der Waals surface area (Å²) in [6, 6.07) is 12.5. The van der Waals surface area contributed by atoms with Crippen LogP contribution in [0.1, 0.15) is 18.9 Å². The fraction of sp³-hybridized carbons (Fsp3) is 0.273. The number of benzene rings is 3. The van der Waals surface area contributed by atoms with E-state index in [9.17, 15) is 21.6 Å². The number of anilines is 1. The SMILES string of the molecule is C[C@@]1(Oc2cc(NS(=O)(=O)c3ccc4c(Cl)cccc4c3)ccc2C(F)(F)F)CCNC1. The van der Waals surface area contributed by atoms with Crippen LogP contribution < -0.4 is 14.8 Å². The summed E-state index contributed by atoms with van der Waals surface area (Å²) in [5.41, 5.74) is -1.82. The zero-order valence-corrected chi connectivity index (χ0v) is 18.5. The van der Waals surface area contributed by atoms with Crippen LogP contribution in [0.4, 0.5) is 18.9 Å². The second-order valence-electron chi connectivity index (χ2n) is 7.92. The van der Waals surface area contributed by atoms with Gasteiger partial charge in [-0.1, -0.05) is 29.8 Å². The highest BCUT2D eigenvalue weighted by Gasteiger charge is 2.38. The molecule has 10 heteroatoms. The molecule has 170 valence electrons. The molecule has 0 spiro atoms. The summed E-state index contributed by atoms with van der Waals surface area (Å²) in [5, 5.41) is 4.86. The van der Waals surface area contributed by atoms with Gasteiger partial charge in [-0.15, -0.1) is 0 Å². The van der Waals surface area contributed by atoms with Crippen molar-refractivity contribution in [2.75, 3.05) is 17.8 Å². The van der Waals surface area contributed by atoms with Crippen molar-refractivity contribution < 1.29 is 26.3 Å². The molecule has 5 nitrogen and oxygen atoms in total. The van der Waals surface area contributed by atoms with E-state index >= 15 is 0 Å². The molecule has 0 unspecified atom stereocenters. The number of hydrogen-bond acceptors (Lipinski definition) is 4. The summed E-state index contributed by atoms with van der Waals surface area (Å²) < 4.78 is 74.4. The zero-order valence-electron chi connectivity index (χ0n) is 17.0. The van der Waals surface area contributed by atoms with Crippen molar-refractivity contribution in [3.05, 3.63) is 65.2 Å². The van der Waals surface area contributed by atoms with E-state index in [0.29, 0.717) is 35.3 Å². The molecule has 1 fully saturated rings. The topological polar surface area (TPSA) is 67.4 Å². The van der Waals surface area contributed by atoms with Crippen molar-refractivity contribution in [3.8, 4) is 5.75 Å². The van der Waals surface area contributed by atoms with E-state index in [1.807, 2.05) is 0 Å². The molecule has 0 radical (unpaired) electrons. The lowest BCUT2D eigenvalue weighted by Gasteiger charge is -2.27. The Kier molecular flexibility index (Phi) is 5.77. The first-order valence-corrected chi connectivity index (χ1v) is 11.7. The van der Waals surface area contributed by atoms with E-state index < -0.39 is 33.1 Å². The summed E-state index contributed by atoms with van der Waals surface area (Å²) in [5.74, 6) is -0.422. The minimum absolute atomic E-state index is 0.0336. The molecule has 1 saturated heterocycles. The van der Waals surface area contributed by atoms with Crippen LogP contribution in [-0.2, 0) is 16.2 Å². The first kappa shape index (κ1) is 22.7. The van der Waals surface area contributed by atoms with Crippen LogP contribution in [0.15, 0.2) is 59.5 Å². The standard InChI is InChI=1S/C22H20ClF3N2O3S/c1-21(9-10-27-13-21)31-20-12-15(5-8-18(20)22(24,25)26)28-32(29,30)16-6-7-17-14(11-16)3-2-4-19(17)23/h2-8,11-12,27-28H,9-10,13H2,1H3/t21-/m1/s1. The number of rotatable bonds is 5. The van der Waals surface area contributed by atoms with Crippen LogP contribution in [-0.4, -0.2) is 27.1 Å². The predicted octanol–water partition coefficient (Wildman–Crippen LogP) is 5.44. The number of alkyl halides is 3. The van der Waals surface area contributed by atoms with Crippen LogP contribution in [0.2, 0.25) is 5.02 Å². The van der Waals surface area contributed by atoms with Crippen molar-refractivity contribution in [3.63, 3.8) is 0 Å². The lowest BCUT2D eigenvalue weighted by Crippen LogP contribution is -2.35. The van der Waals surface area contributed by atoms with Gasteiger partial charge in [-0.3, -0.25) is 4.72 Å². The fourth-order valence-corrected chi connectivity index (χ4v) is 4.98. The number of nitrogens with one attached hydrogen (secondary N) is 2. The lowest BCUT2D eigenvalue weighted by molar-refractivity contribution is -0.139. The number of hydrogen-bond donors (Lipinski definition) is 2. The molecule has 1 atom stereocenters. The van der Waals surface area contributed by atoms with Gasteiger partial charge >= 0.3 is 6.18 Å². The molecule has 3 aromatic carbocycles. The van der Waals surface area contributed by atoms with Gasteiger partial charge in [-0.2, -0.15) is 13.2 Å². The van der Waals surface area contributed by atoms with Crippen LogP contribution in [0.5, 0.6) is 5.75 Å². The van der Waals surface area contributed by atoms with E-state index in [4.69, 9.17) is 16.3 Å².